The average molecular weight is 228 g/mol. The monoisotopic (exact) mass is 228 g/mol. The van der Waals surface area contributed by atoms with E-state index < -0.39 is 0 Å². The van der Waals surface area contributed by atoms with E-state index in [4.69, 9.17) is 10.5 Å². The van der Waals surface area contributed by atoms with Gasteiger partial charge in [0.05, 0.1) is 12.0 Å². The Labute approximate surface area is 97.9 Å². The number of rotatable bonds is 3. The highest BCUT2D eigenvalue weighted by Gasteiger charge is 2.36. The zero-order valence-corrected chi connectivity index (χ0v) is 10.7. The number of carbonyl (C=O) groups excluding carboxylic acids is 1. The summed E-state index contributed by atoms with van der Waals surface area (Å²) in [7, 11) is 1.67. The molecular weight excluding hydrogens is 204 g/mol. The molecule has 0 aliphatic heterocycles. The molecule has 3 atom stereocenters. The van der Waals surface area contributed by atoms with E-state index in [1.165, 1.54) is 0 Å². The summed E-state index contributed by atoms with van der Waals surface area (Å²) >= 11 is 0. The third kappa shape index (κ3) is 3.76. The van der Waals surface area contributed by atoms with Crippen molar-refractivity contribution in [1.29, 1.82) is 0 Å². The first-order chi connectivity index (χ1) is 7.33. The van der Waals surface area contributed by atoms with Crippen molar-refractivity contribution in [2.24, 2.45) is 17.1 Å². The van der Waals surface area contributed by atoms with Gasteiger partial charge in [0.15, 0.2) is 0 Å². The summed E-state index contributed by atoms with van der Waals surface area (Å²) < 4.78 is 5.25. The number of amides is 1. The second kappa shape index (κ2) is 5.15. The van der Waals surface area contributed by atoms with Crippen molar-refractivity contribution in [3.8, 4) is 0 Å². The Morgan fingerprint density at radius 2 is 2.06 bits per heavy atom. The second-order valence-corrected chi connectivity index (χ2v) is 5.88. The summed E-state index contributed by atoms with van der Waals surface area (Å²) in [5.41, 5.74) is 6.05. The van der Waals surface area contributed by atoms with Crippen LogP contribution < -0.4 is 11.1 Å². The van der Waals surface area contributed by atoms with Crippen LogP contribution in [0.25, 0.3) is 0 Å². The van der Waals surface area contributed by atoms with Gasteiger partial charge in [0.2, 0.25) is 5.91 Å². The van der Waals surface area contributed by atoms with E-state index in [-0.39, 0.29) is 29.4 Å². The summed E-state index contributed by atoms with van der Waals surface area (Å²) in [6.45, 7) is 6.98. The molecule has 0 saturated heterocycles. The summed E-state index contributed by atoms with van der Waals surface area (Å²) in [6.07, 6.45) is 1.66. The van der Waals surface area contributed by atoms with Gasteiger partial charge in [0.25, 0.3) is 0 Å². The number of nitrogens with one attached hydrogen (secondary N) is 1. The van der Waals surface area contributed by atoms with Crippen molar-refractivity contribution in [2.75, 3.05) is 13.7 Å². The Hall–Kier alpha value is -0.610. The molecule has 1 rings (SSSR count). The van der Waals surface area contributed by atoms with Gasteiger partial charge in [-0.2, -0.15) is 0 Å². The van der Waals surface area contributed by atoms with Crippen LogP contribution in [0.3, 0.4) is 0 Å². The number of nitrogens with two attached hydrogens (primary N) is 1. The molecule has 1 aliphatic carbocycles. The van der Waals surface area contributed by atoms with E-state index in [2.05, 4.69) is 26.1 Å². The van der Waals surface area contributed by atoms with Gasteiger partial charge >= 0.3 is 0 Å². The van der Waals surface area contributed by atoms with Gasteiger partial charge in [0.1, 0.15) is 0 Å². The molecule has 1 aliphatic rings. The van der Waals surface area contributed by atoms with Crippen molar-refractivity contribution in [2.45, 2.75) is 45.8 Å². The molecular formula is C12H24N2O2. The second-order valence-electron chi connectivity index (χ2n) is 5.88. The molecule has 4 nitrogen and oxygen atoms in total. The fraction of sp³-hybridized carbons (Fsp3) is 0.917. The minimum atomic E-state index is -0.0905. The van der Waals surface area contributed by atoms with E-state index in [0.29, 0.717) is 6.54 Å². The Kier molecular flexibility index (Phi) is 4.33. The fourth-order valence-corrected chi connectivity index (χ4v) is 2.00. The van der Waals surface area contributed by atoms with Gasteiger partial charge in [-0.1, -0.05) is 20.8 Å². The van der Waals surface area contributed by atoms with E-state index in [0.717, 1.165) is 12.8 Å². The van der Waals surface area contributed by atoms with E-state index >= 15 is 0 Å². The summed E-state index contributed by atoms with van der Waals surface area (Å²) in [5, 5.41) is 2.97. The molecule has 0 radical (unpaired) electrons. The molecule has 1 saturated carbocycles. The predicted molar refractivity (Wildman–Crippen MR) is 64.0 cm³/mol. The molecule has 0 bridgehead atoms. The van der Waals surface area contributed by atoms with Crippen molar-refractivity contribution >= 4 is 5.91 Å². The first-order valence-corrected chi connectivity index (χ1v) is 5.89. The summed E-state index contributed by atoms with van der Waals surface area (Å²) in [5.74, 6) is -0.0192. The Morgan fingerprint density at radius 1 is 1.44 bits per heavy atom. The minimum absolute atomic E-state index is 0.0649. The topological polar surface area (TPSA) is 64.3 Å². The normalized spacial score (nSPS) is 30.4. The molecule has 94 valence electrons. The van der Waals surface area contributed by atoms with E-state index in [1.807, 2.05) is 0 Å². The Balaban J connectivity index is 2.43. The molecule has 0 spiro atoms. The van der Waals surface area contributed by atoms with Gasteiger partial charge in [-0.15, -0.1) is 0 Å². The van der Waals surface area contributed by atoms with Gasteiger partial charge in [-0.05, 0) is 18.3 Å². The maximum atomic E-state index is 11.9. The zero-order chi connectivity index (χ0) is 12.3. The number of ether oxygens (including phenoxy) is 1. The molecule has 1 fully saturated rings. The van der Waals surface area contributed by atoms with Crippen LogP contribution >= 0.6 is 0 Å². The number of hydrogen-bond acceptors (Lipinski definition) is 3. The predicted octanol–water partition coefficient (Wildman–Crippen LogP) is 0.901. The quantitative estimate of drug-likeness (QED) is 0.754. The molecule has 3 N–H and O–H groups in total. The van der Waals surface area contributed by atoms with Gasteiger partial charge < -0.3 is 15.8 Å². The van der Waals surface area contributed by atoms with Crippen molar-refractivity contribution in [3.05, 3.63) is 0 Å². The van der Waals surface area contributed by atoms with Crippen LogP contribution in [0.15, 0.2) is 0 Å². The third-order valence-electron chi connectivity index (χ3n) is 3.03. The summed E-state index contributed by atoms with van der Waals surface area (Å²) in [4.78, 5) is 11.9. The maximum absolute atomic E-state index is 11.9. The SMILES string of the molecule is COC1CC(N)C(C(=O)NCC(C)(C)C)C1. The number of hydrogen-bond donors (Lipinski definition) is 2. The van der Waals surface area contributed by atoms with Crippen molar-refractivity contribution < 1.29 is 9.53 Å². The lowest BCUT2D eigenvalue weighted by molar-refractivity contribution is -0.125. The van der Waals surface area contributed by atoms with Crippen molar-refractivity contribution in [1.82, 2.24) is 5.32 Å². The molecule has 16 heavy (non-hydrogen) atoms. The van der Waals surface area contributed by atoms with Crippen LogP contribution in [0.1, 0.15) is 33.6 Å². The number of methoxy groups -OCH3 is 1. The van der Waals surface area contributed by atoms with Crippen LogP contribution in [0.5, 0.6) is 0 Å². The largest absolute Gasteiger partial charge is 0.381 e. The van der Waals surface area contributed by atoms with Gasteiger partial charge in [-0.3, -0.25) is 4.79 Å². The minimum Gasteiger partial charge on any atom is -0.381 e. The molecule has 3 unspecified atom stereocenters. The van der Waals surface area contributed by atoms with Crippen LogP contribution in [0, 0.1) is 11.3 Å². The molecule has 1 amide bonds. The first-order valence-electron chi connectivity index (χ1n) is 5.89. The maximum Gasteiger partial charge on any atom is 0.224 e. The molecule has 0 aromatic rings. The first kappa shape index (κ1) is 13.5. The molecule has 0 heterocycles. The highest BCUT2D eigenvalue weighted by molar-refractivity contribution is 5.79. The lowest BCUT2D eigenvalue weighted by Gasteiger charge is -2.21. The van der Waals surface area contributed by atoms with Crippen LogP contribution in [-0.2, 0) is 9.53 Å². The van der Waals surface area contributed by atoms with E-state index in [1.54, 1.807) is 7.11 Å². The van der Waals surface area contributed by atoms with Crippen LogP contribution in [-0.4, -0.2) is 31.7 Å². The van der Waals surface area contributed by atoms with Gasteiger partial charge in [-0.25, -0.2) is 0 Å². The molecule has 0 aromatic carbocycles. The number of carbonyl (C=O) groups is 1. The average Bonchev–Trinajstić information content (AvgIpc) is 2.55. The fourth-order valence-electron chi connectivity index (χ4n) is 2.00. The zero-order valence-electron chi connectivity index (χ0n) is 10.7. The lowest BCUT2D eigenvalue weighted by Crippen LogP contribution is -2.41. The van der Waals surface area contributed by atoms with Crippen molar-refractivity contribution in [3.63, 3.8) is 0 Å². The standard InChI is InChI=1S/C12H24N2O2/c1-12(2,3)7-14-11(15)9-5-8(16-4)6-10(9)13/h8-10H,5-7,13H2,1-4H3,(H,14,15). The van der Waals surface area contributed by atoms with Gasteiger partial charge in [0, 0.05) is 19.7 Å². The smallest absolute Gasteiger partial charge is 0.224 e. The lowest BCUT2D eigenvalue weighted by atomic mass is 9.96. The molecule has 0 aromatic heterocycles. The van der Waals surface area contributed by atoms with E-state index in [9.17, 15) is 4.79 Å². The van der Waals surface area contributed by atoms with Crippen LogP contribution in [0.2, 0.25) is 0 Å². The Bertz CT molecular complexity index is 248. The molecule has 4 heteroatoms. The highest BCUT2D eigenvalue weighted by atomic mass is 16.5. The highest BCUT2D eigenvalue weighted by Crippen LogP contribution is 2.27. The Morgan fingerprint density at radius 3 is 2.50 bits per heavy atom. The third-order valence-corrected chi connectivity index (χ3v) is 3.03. The van der Waals surface area contributed by atoms with Crippen LogP contribution in [0.4, 0.5) is 0 Å². The summed E-state index contributed by atoms with van der Waals surface area (Å²) in [6, 6.07) is -0.0649.